The Morgan fingerprint density at radius 1 is 1.29 bits per heavy atom. The predicted molar refractivity (Wildman–Crippen MR) is 147 cm³/mol. The lowest BCUT2D eigenvalue weighted by Crippen LogP contribution is -2.45. The Labute approximate surface area is 212 Å². The summed E-state index contributed by atoms with van der Waals surface area (Å²) >= 11 is 0. The molecule has 0 spiro atoms. The van der Waals surface area contributed by atoms with Gasteiger partial charge in [0.25, 0.3) is 0 Å². The van der Waals surface area contributed by atoms with Gasteiger partial charge in [-0.05, 0) is 57.4 Å². The maximum atomic E-state index is 14.8. The number of hydrogen-bond acceptors (Lipinski definition) is 6. The fourth-order valence-corrected chi connectivity index (χ4v) is 4.41. The molecule has 8 heteroatoms. The highest BCUT2D eigenvalue weighted by Gasteiger charge is 2.34. The molecule has 35 heavy (non-hydrogen) atoms. The number of nitriles is 1. The van der Waals surface area contributed by atoms with Gasteiger partial charge in [0.05, 0.1) is 29.4 Å². The lowest BCUT2D eigenvalue weighted by molar-refractivity contribution is 0.219. The van der Waals surface area contributed by atoms with Crippen molar-refractivity contribution in [2.75, 3.05) is 10.2 Å². The SMILES string of the molecule is C=C(NC(C(C)C#N)[C@](C)(F)P)c1ccc(C)c(N(C(=C)Nc2ccccn2)C(CC)CCC)n1. The van der Waals surface area contributed by atoms with Crippen LogP contribution in [0.1, 0.15) is 58.2 Å². The topological polar surface area (TPSA) is 76.9 Å². The van der Waals surface area contributed by atoms with E-state index in [9.17, 15) is 9.65 Å². The largest absolute Gasteiger partial charge is 0.376 e. The average molecular weight is 497 g/mol. The van der Waals surface area contributed by atoms with E-state index < -0.39 is 17.4 Å². The molecule has 188 valence electrons. The van der Waals surface area contributed by atoms with Gasteiger partial charge >= 0.3 is 0 Å². The number of aryl methyl sites for hydroxylation is 1. The molecule has 0 saturated heterocycles. The van der Waals surface area contributed by atoms with Crippen LogP contribution in [0.3, 0.4) is 0 Å². The number of alkyl halides is 1. The van der Waals surface area contributed by atoms with Gasteiger partial charge in [0, 0.05) is 12.2 Å². The summed E-state index contributed by atoms with van der Waals surface area (Å²) in [6.07, 6.45) is 4.59. The third kappa shape index (κ3) is 7.50. The Bertz CT molecular complexity index is 1040. The van der Waals surface area contributed by atoms with E-state index in [0.29, 0.717) is 23.0 Å². The lowest BCUT2D eigenvalue weighted by Gasteiger charge is -2.35. The van der Waals surface area contributed by atoms with Crippen molar-refractivity contribution in [1.29, 1.82) is 5.26 Å². The first-order valence-electron chi connectivity index (χ1n) is 12.0. The Morgan fingerprint density at radius 2 is 2.00 bits per heavy atom. The third-order valence-electron chi connectivity index (χ3n) is 5.94. The van der Waals surface area contributed by atoms with E-state index in [1.807, 2.05) is 37.3 Å². The van der Waals surface area contributed by atoms with Crippen LogP contribution >= 0.6 is 9.24 Å². The Kier molecular flexibility index (Phi) is 10.2. The van der Waals surface area contributed by atoms with E-state index in [1.54, 1.807) is 13.1 Å². The maximum Gasteiger partial charge on any atom is 0.142 e. The van der Waals surface area contributed by atoms with Gasteiger partial charge in [0.1, 0.15) is 22.9 Å². The second-order valence-corrected chi connectivity index (χ2v) is 10.1. The highest BCUT2D eigenvalue weighted by molar-refractivity contribution is 7.18. The summed E-state index contributed by atoms with van der Waals surface area (Å²) in [5.74, 6) is 1.55. The number of rotatable bonds is 13. The van der Waals surface area contributed by atoms with Gasteiger partial charge in [0.15, 0.2) is 0 Å². The van der Waals surface area contributed by atoms with Crippen LogP contribution in [0.25, 0.3) is 5.70 Å². The highest BCUT2D eigenvalue weighted by Crippen LogP contribution is 2.32. The quantitative estimate of drug-likeness (QED) is 0.312. The van der Waals surface area contributed by atoms with Crippen molar-refractivity contribution in [3.8, 4) is 6.07 Å². The molecule has 2 aromatic rings. The molecule has 2 rings (SSSR count). The molecule has 0 aromatic carbocycles. The Morgan fingerprint density at radius 3 is 2.54 bits per heavy atom. The first kappa shape index (κ1) is 28.3. The van der Waals surface area contributed by atoms with Crippen LogP contribution in [-0.2, 0) is 0 Å². The van der Waals surface area contributed by atoms with Gasteiger partial charge in [0.2, 0.25) is 0 Å². The fourth-order valence-electron chi connectivity index (χ4n) is 4.04. The number of pyridine rings is 2. The molecule has 0 aliphatic carbocycles. The van der Waals surface area contributed by atoms with Crippen LogP contribution in [-0.4, -0.2) is 27.5 Å². The summed E-state index contributed by atoms with van der Waals surface area (Å²) in [5, 5.41) is 14.1. The molecule has 5 atom stereocenters. The van der Waals surface area contributed by atoms with E-state index in [0.717, 1.165) is 30.6 Å². The van der Waals surface area contributed by atoms with Gasteiger partial charge in [-0.1, -0.05) is 54.8 Å². The lowest BCUT2D eigenvalue weighted by atomic mass is 9.98. The molecule has 4 unspecified atom stereocenters. The first-order chi connectivity index (χ1) is 16.5. The maximum absolute atomic E-state index is 14.8. The van der Waals surface area contributed by atoms with Gasteiger partial charge < -0.3 is 15.5 Å². The van der Waals surface area contributed by atoms with Crippen LogP contribution < -0.4 is 15.5 Å². The molecule has 0 saturated carbocycles. The van der Waals surface area contributed by atoms with Crippen LogP contribution in [0.2, 0.25) is 0 Å². The van der Waals surface area contributed by atoms with Crippen molar-refractivity contribution < 1.29 is 4.39 Å². The van der Waals surface area contributed by atoms with Crippen molar-refractivity contribution >= 4 is 26.6 Å². The first-order valence-corrected chi connectivity index (χ1v) is 12.6. The average Bonchev–Trinajstić information content (AvgIpc) is 2.82. The zero-order valence-corrected chi connectivity index (χ0v) is 22.6. The van der Waals surface area contributed by atoms with Crippen LogP contribution in [0.4, 0.5) is 16.0 Å². The molecule has 0 radical (unpaired) electrons. The summed E-state index contributed by atoms with van der Waals surface area (Å²) in [6.45, 7) is 17.9. The standard InChI is InChI=1S/C27H38FN6P/c1-8-12-22(9-2)34(21(6)32-24-13-10-11-16-30-24)26-18(3)14-15-23(33-26)20(5)31-25(19(4)17-29)27(7,28)35/h10-11,13-16,19,22,25,31H,5-6,8-9,12,35H2,1-4,7H3,(H,30,32)/t19?,22?,25?,27-/m1/s1. The zero-order chi connectivity index (χ0) is 26.2. The fraction of sp³-hybridized carbons (Fsp3) is 0.444. The van der Waals surface area contributed by atoms with Crippen LogP contribution in [0, 0.1) is 24.2 Å². The normalized spacial score (nSPS) is 15.1. The smallest absolute Gasteiger partial charge is 0.142 e. The molecule has 0 aliphatic heterocycles. The van der Waals surface area contributed by atoms with Gasteiger partial charge in [-0.2, -0.15) is 5.26 Å². The summed E-state index contributed by atoms with van der Waals surface area (Å²) < 4.78 is 14.8. The van der Waals surface area contributed by atoms with Gasteiger partial charge in [-0.15, -0.1) is 0 Å². The van der Waals surface area contributed by atoms with E-state index in [4.69, 9.17) is 4.98 Å². The molecule has 0 amide bonds. The summed E-state index contributed by atoms with van der Waals surface area (Å²) in [6, 6.07) is 11.0. The number of anilines is 2. The predicted octanol–water partition coefficient (Wildman–Crippen LogP) is 6.40. The summed E-state index contributed by atoms with van der Waals surface area (Å²) in [4.78, 5) is 11.4. The van der Waals surface area contributed by atoms with Crippen molar-refractivity contribution in [3.63, 3.8) is 0 Å². The molecular weight excluding hydrogens is 458 g/mol. The monoisotopic (exact) mass is 496 g/mol. The van der Waals surface area contributed by atoms with Crippen molar-refractivity contribution in [3.05, 3.63) is 66.8 Å². The number of nitrogens with zero attached hydrogens (tertiary/aromatic N) is 4. The minimum atomic E-state index is -1.70. The molecule has 2 aromatic heterocycles. The number of halogens is 1. The van der Waals surface area contributed by atoms with Gasteiger partial charge in [-0.25, -0.2) is 14.4 Å². The summed E-state index contributed by atoms with van der Waals surface area (Å²) in [7, 11) is 2.17. The van der Waals surface area contributed by atoms with Crippen molar-refractivity contribution in [2.45, 2.75) is 71.4 Å². The van der Waals surface area contributed by atoms with Gasteiger partial charge in [-0.3, -0.25) is 0 Å². The molecule has 2 N–H and O–H groups in total. The molecule has 2 heterocycles. The second-order valence-electron chi connectivity index (χ2n) is 9.01. The number of hydrogen-bond donors (Lipinski definition) is 2. The number of aromatic nitrogens is 2. The zero-order valence-electron chi connectivity index (χ0n) is 21.5. The number of nitrogens with one attached hydrogen (secondary N) is 2. The van der Waals surface area contributed by atoms with Crippen LogP contribution in [0.5, 0.6) is 0 Å². The molecule has 0 aliphatic rings. The third-order valence-corrected chi connectivity index (χ3v) is 6.29. The molecular formula is C27H38FN6P. The van der Waals surface area contributed by atoms with E-state index in [2.05, 4.69) is 62.8 Å². The van der Waals surface area contributed by atoms with Crippen molar-refractivity contribution in [1.82, 2.24) is 15.3 Å². The van der Waals surface area contributed by atoms with E-state index in [-0.39, 0.29) is 6.04 Å². The van der Waals surface area contributed by atoms with E-state index >= 15 is 0 Å². The van der Waals surface area contributed by atoms with E-state index in [1.165, 1.54) is 6.92 Å². The highest BCUT2D eigenvalue weighted by atomic mass is 31.0. The second kappa shape index (κ2) is 12.7. The summed E-state index contributed by atoms with van der Waals surface area (Å²) in [5.41, 5.74) is 2.01. The molecule has 0 bridgehead atoms. The molecule has 6 nitrogen and oxygen atoms in total. The minimum absolute atomic E-state index is 0.166. The minimum Gasteiger partial charge on any atom is -0.376 e. The van der Waals surface area contributed by atoms with Crippen molar-refractivity contribution in [2.24, 2.45) is 5.92 Å². The van der Waals surface area contributed by atoms with Crippen LogP contribution in [0.15, 0.2) is 55.5 Å². The Balaban J connectivity index is 2.46. The Hall–Kier alpha value is -2.97. The molecule has 0 fully saturated rings.